The van der Waals surface area contributed by atoms with Crippen LogP contribution >= 0.6 is 0 Å². The number of imidazole rings is 1. The molecule has 2 aromatic carbocycles. The first kappa shape index (κ1) is 20.9. The summed E-state index contributed by atoms with van der Waals surface area (Å²) in [6.45, 7) is 2.74. The Morgan fingerprint density at radius 3 is 2.67 bits per heavy atom. The van der Waals surface area contributed by atoms with E-state index in [0.717, 1.165) is 11.1 Å². The molecule has 0 radical (unpaired) electrons. The normalized spacial score (nSPS) is 13.9. The molecule has 5 rings (SSSR count). The highest BCUT2D eigenvalue weighted by atomic mass is 16.5. The van der Waals surface area contributed by atoms with Gasteiger partial charge in [-0.3, -0.25) is 4.79 Å². The molecule has 2 aromatic heterocycles. The number of morpholine rings is 1. The highest BCUT2D eigenvalue weighted by Crippen LogP contribution is 2.30. The summed E-state index contributed by atoms with van der Waals surface area (Å²) in [5, 5.41) is 9.30. The molecule has 0 aliphatic carbocycles. The number of hydrogen-bond donors (Lipinski definition) is 1. The number of rotatable bonds is 7. The molecule has 0 saturated carbocycles. The van der Waals surface area contributed by atoms with Gasteiger partial charge in [-0.2, -0.15) is 4.98 Å². The largest absolute Gasteiger partial charge is 0.489 e. The quantitative estimate of drug-likeness (QED) is 0.463. The van der Waals surface area contributed by atoms with Crippen molar-refractivity contribution in [1.29, 1.82) is 0 Å². The maximum Gasteiger partial charge on any atom is 0.323 e. The molecule has 0 amide bonds. The van der Waals surface area contributed by atoms with Crippen molar-refractivity contribution in [3.8, 4) is 17.0 Å². The summed E-state index contributed by atoms with van der Waals surface area (Å²) in [5.41, 5.74) is 3.57. The fourth-order valence-electron chi connectivity index (χ4n) is 3.77. The Hall–Kier alpha value is -3.98. The first-order valence-electron chi connectivity index (χ1n) is 10.7. The van der Waals surface area contributed by atoms with Gasteiger partial charge >= 0.3 is 5.97 Å². The van der Waals surface area contributed by atoms with E-state index in [0.29, 0.717) is 61.5 Å². The van der Waals surface area contributed by atoms with E-state index in [-0.39, 0.29) is 6.54 Å². The smallest absolute Gasteiger partial charge is 0.323 e. The molecule has 0 bridgehead atoms. The standard InChI is InChI=1S/C24H23N5O4/c30-20(31)14-29-16-25-22-21(26-24(27-23(22)29)28-9-11-32-12-10-28)18-7-4-8-19(13-18)33-15-17-5-2-1-3-6-17/h1-8,13,16H,9-12,14-15H2,(H,30,31). The topological polar surface area (TPSA) is 103 Å². The molecule has 0 unspecified atom stereocenters. The van der Waals surface area contributed by atoms with Crippen LogP contribution in [0.3, 0.4) is 0 Å². The minimum Gasteiger partial charge on any atom is -0.489 e. The van der Waals surface area contributed by atoms with E-state index in [4.69, 9.17) is 14.5 Å². The lowest BCUT2D eigenvalue weighted by Gasteiger charge is -2.27. The van der Waals surface area contributed by atoms with Gasteiger partial charge in [-0.05, 0) is 17.7 Å². The Labute approximate surface area is 190 Å². The zero-order valence-corrected chi connectivity index (χ0v) is 17.9. The summed E-state index contributed by atoms with van der Waals surface area (Å²) in [7, 11) is 0. The number of carboxylic acids is 1. The Bertz CT molecular complexity index is 1270. The van der Waals surface area contributed by atoms with Crippen molar-refractivity contribution >= 4 is 23.1 Å². The van der Waals surface area contributed by atoms with Gasteiger partial charge < -0.3 is 24.0 Å². The molecule has 1 fully saturated rings. The van der Waals surface area contributed by atoms with Gasteiger partial charge in [-0.1, -0.05) is 42.5 Å². The lowest BCUT2D eigenvalue weighted by Crippen LogP contribution is -2.37. The first-order valence-corrected chi connectivity index (χ1v) is 10.7. The van der Waals surface area contributed by atoms with E-state index in [1.54, 1.807) is 0 Å². The summed E-state index contributed by atoms with van der Waals surface area (Å²) < 4.78 is 13.0. The third-order valence-electron chi connectivity index (χ3n) is 5.41. The zero-order valence-electron chi connectivity index (χ0n) is 17.9. The number of aromatic nitrogens is 4. The number of aliphatic carboxylic acids is 1. The summed E-state index contributed by atoms with van der Waals surface area (Å²) in [5.74, 6) is 0.281. The molecular weight excluding hydrogens is 422 g/mol. The van der Waals surface area contributed by atoms with Gasteiger partial charge in [0.15, 0.2) is 5.65 Å². The van der Waals surface area contributed by atoms with Crippen molar-refractivity contribution in [2.24, 2.45) is 0 Å². The number of benzene rings is 2. The number of fused-ring (bicyclic) bond motifs is 1. The monoisotopic (exact) mass is 445 g/mol. The number of ether oxygens (including phenoxy) is 2. The molecule has 1 aliphatic rings. The molecule has 1 N–H and O–H groups in total. The van der Waals surface area contributed by atoms with Crippen LogP contribution in [0, 0.1) is 0 Å². The third kappa shape index (κ3) is 4.63. The molecule has 0 spiro atoms. The van der Waals surface area contributed by atoms with Gasteiger partial charge in [0.2, 0.25) is 5.95 Å². The average Bonchev–Trinajstić information content (AvgIpc) is 3.25. The number of hydrogen-bond acceptors (Lipinski definition) is 7. The molecular formula is C24H23N5O4. The van der Waals surface area contributed by atoms with Crippen molar-refractivity contribution in [3.05, 3.63) is 66.5 Å². The van der Waals surface area contributed by atoms with Crippen LogP contribution in [0.15, 0.2) is 60.9 Å². The highest BCUT2D eigenvalue weighted by molar-refractivity contribution is 5.89. The van der Waals surface area contributed by atoms with Gasteiger partial charge in [0.05, 0.1) is 19.5 Å². The van der Waals surface area contributed by atoms with E-state index in [1.807, 2.05) is 59.5 Å². The third-order valence-corrected chi connectivity index (χ3v) is 5.41. The van der Waals surface area contributed by atoms with Crippen molar-refractivity contribution in [1.82, 2.24) is 19.5 Å². The van der Waals surface area contributed by atoms with Crippen molar-refractivity contribution in [2.75, 3.05) is 31.2 Å². The van der Waals surface area contributed by atoms with E-state index in [9.17, 15) is 9.90 Å². The lowest BCUT2D eigenvalue weighted by atomic mass is 10.1. The van der Waals surface area contributed by atoms with Crippen molar-refractivity contribution < 1.29 is 19.4 Å². The Kier molecular flexibility index (Phi) is 5.86. The molecule has 9 heteroatoms. The van der Waals surface area contributed by atoms with Crippen LogP contribution in [0.25, 0.3) is 22.4 Å². The SMILES string of the molecule is O=C(O)Cn1cnc2c(-c3cccc(OCc4ccccc4)c3)nc(N3CCOCC3)nc21. The highest BCUT2D eigenvalue weighted by Gasteiger charge is 2.21. The molecule has 1 aliphatic heterocycles. The summed E-state index contributed by atoms with van der Waals surface area (Å²) in [4.78, 5) is 27.3. The fraction of sp³-hybridized carbons (Fsp3) is 0.250. The van der Waals surface area contributed by atoms with Gasteiger partial charge in [0.25, 0.3) is 0 Å². The number of carbonyl (C=O) groups is 1. The van der Waals surface area contributed by atoms with Gasteiger partial charge in [0.1, 0.15) is 30.1 Å². The summed E-state index contributed by atoms with van der Waals surface area (Å²) in [6, 6.07) is 17.6. The van der Waals surface area contributed by atoms with Crippen LogP contribution in [0.1, 0.15) is 5.56 Å². The number of carboxylic acid groups (broad SMARTS) is 1. The fourth-order valence-corrected chi connectivity index (χ4v) is 3.77. The second-order valence-corrected chi connectivity index (χ2v) is 7.71. The molecule has 9 nitrogen and oxygen atoms in total. The van der Waals surface area contributed by atoms with Gasteiger partial charge in [0, 0.05) is 18.7 Å². The molecule has 33 heavy (non-hydrogen) atoms. The van der Waals surface area contributed by atoms with Crippen LogP contribution in [-0.2, 0) is 22.7 Å². The Morgan fingerprint density at radius 1 is 1.06 bits per heavy atom. The van der Waals surface area contributed by atoms with E-state index in [2.05, 4.69) is 9.97 Å². The summed E-state index contributed by atoms with van der Waals surface area (Å²) in [6.07, 6.45) is 1.50. The van der Waals surface area contributed by atoms with E-state index in [1.165, 1.54) is 10.9 Å². The van der Waals surface area contributed by atoms with Crippen molar-refractivity contribution in [2.45, 2.75) is 13.2 Å². The Balaban J connectivity index is 1.53. The number of nitrogens with zero attached hydrogens (tertiary/aromatic N) is 5. The zero-order chi connectivity index (χ0) is 22.6. The second-order valence-electron chi connectivity index (χ2n) is 7.71. The maximum absolute atomic E-state index is 11.3. The first-order chi connectivity index (χ1) is 16.2. The summed E-state index contributed by atoms with van der Waals surface area (Å²) >= 11 is 0. The van der Waals surface area contributed by atoms with Gasteiger partial charge in [-0.25, -0.2) is 9.97 Å². The van der Waals surface area contributed by atoms with Crippen molar-refractivity contribution in [3.63, 3.8) is 0 Å². The predicted octanol–water partition coefficient (Wildman–Crippen LogP) is 2.99. The molecule has 3 heterocycles. The second kappa shape index (κ2) is 9.25. The molecule has 4 aromatic rings. The van der Waals surface area contributed by atoms with Crippen LogP contribution in [-0.4, -0.2) is 56.9 Å². The average molecular weight is 445 g/mol. The van der Waals surface area contributed by atoms with Crippen LogP contribution in [0.2, 0.25) is 0 Å². The molecule has 0 atom stereocenters. The van der Waals surface area contributed by atoms with Crippen LogP contribution in [0.4, 0.5) is 5.95 Å². The minimum absolute atomic E-state index is 0.226. The van der Waals surface area contributed by atoms with E-state index < -0.39 is 5.97 Å². The lowest BCUT2D eigenvalue weighted by molar-refractivity contribution is -0.137. The number of anilines is 1. The van der Waals surface area contributed by atoms with Gasteiger partial charge in [-0.15, -0.1) is 0 Å². The maximum atomic E-state index is 11.3. The molecule has 1 saturated heterocycles. The van der Waals surface area contributed by atoms with E-state index >= 15 is 0 Å². The predicted molar refractivity (Wildman–Crippen MR) is 122 cm³/mol. The minimum atomic E-state index is -0.960. The Morgan fingerprint density at radius 2 is 1.88 bits per heavy atom. The van der Waals surface area contributed by atoms with Crippen LogP contribution < -0.4 is 9.64 Å². The molecule has 168 valence electrons. The van der Waals surface area contributed by atoms with Crippen LogP contribution in [0.5, 0.6) is 5.75 Å².